The lowest BCUT2D eigenvalue weighted by Crippen LogP contribution is -2.44. The maximum atomic E-state index is 13.5. The lowest BCUT2D eigenvalue weighted by molar-refractivity contribution is -0.125. The molecule has 1 aliphatic heterocycles. The molecule has 0 bridgehead atoms. The topological polar surface area (TPSA) is 47.6 Å². The number of nitrogens with one attached hydrogen (secondary N) is 1. The van der Waals surface area contributed by atoms with Crippen LogP contribution < -0.4 is 10.1 Å². The molecule has 0 aromatic heterocycles. The smallest absolute Gasteiger partial charge is 0.235 e. The number of carbonyl (C=O) groups is 1. The van der Waals surface area contributed by atoms with Gasteiger partial charge in [0.25, 0.3) is 0 Å². The van der Waals surface area contributed by atoms with Gasteiger partial charge in [0, 0.05) is 18.9 Å². The molecule has 0 radical (unpaired) electrons. The van der Waals surface area contributed by atoms with Crippen molar-refractivity contribution in [2.75, 3.05) is 25.1 Å². The molecule has 1 N–H and O–H groups in total. The molecule has 2 aromatic carbocycles. The number of amides is 1. The van der Waals surface area contributed by atoms with Gasteiger partial charge in [-0.25, -0.2) is 0 Å². The molecule has 1 fully saturated rings. The number of anilines is 1. The first-order valence-corrected chi connectivity index (χ1v) is 10.5. The lowest BCUT2D eigenvalue weighted by Gasteiger charge is -2.36. The van der Waals surface area contributed by atoms with Crippen molar-refractivity contribution in [2.24, 2.45) is 5.92 Å². The number of rotatable bonds is 6. The van der Waals surface area contributed by atoms with Crippen molar-refractivity contribution in [1.29, 1.82) is 0 Å². The van der Waals surface area contributed by atoms with E-state index in [1.807, 2.05) is 32.0 Å². The fourth-order valence-electron chi connectivity index (χ4n) is 4.06. The Morgan fingerprint density at radius 1 is 1.10 bits per heavy atom. The fourth-order valence-corrected chi connectivity index (χ4v) is 4.06. The van der Waals surface area contributed by atoms with E-state index in [2.05, 4.69) is 44.3 Å². The third-order valence-electron chi connectivity index (χ3n) is 5.63. The number of ether oxygens (including phenoxy) is 2. The maximum Gasteiger partial charge on any atom is 0.235 e. The molecular formula is C25H33NO3. The first-order valence-electron chi connectivity index (χ1n) is 10.5. The molecule has 0 spiro atoms. The molecule has 2 aromatic rings. The van der Waals surface area contributed by atoms with Crippen LogP contribution in [0, 0.1) is 26.7 Å². The predicted octanol–water partition coefficient (Wildman–Crippen LogP) is 5.33. The molecule has 156 valence electrons. The zero-order valence-electron chi connectivity index (χ0n) is 18.3. The summed E-state index contributed by atoms with van der Waals surface area (Å²) in [5.74, 6) is 1.42. The van der Waals surface area contributed by atoms with Crippen LogP contribution in [0.25, 0.3) is 0 Å². The average Bonchev–Trinajstić information content (AvgIpc) is 2.67. The van der Waals surface area contributed by atoms with E-state index in [0.29, 0.717) is 38.6 Å². The maximum absolute atomic E-state index is 13.5. The SMILES string of the molecule is Cc1cccc(C2(C(=O)Nc3cc(C)c(OCC(C)C)c(C)c3)CCOCC2)c1. The van der Waals surface area contributed by atoms with Crippen LogP contribution in [0.1, 0.15) is 48.9 Å². The summed E-state index contributed by atoms with van der Waals surface area (Å²) >= 11 is 0. The average molecular weight is 396 g/mol. The van der Waals surface area contributed by atoms with E-state index in [1.54, 1.807) is 0 Å². The van der Waals surface area contributed by atoms with Crippen molar-refractivity contribution in [3.8, 4) is 5.75 Å². The quantitative estimate of drug-likeness (QED) is 0.719. The summed E-state index contributed by atoms with van der Waals surface area (Å²) in [7, 11) is 0. The molecule has 1 amide bonds. The zero-order valence-corrected chi connectivity index (χ0v) is 18.3. The van der Waals surface area contributed by atoms with Gasteiger partial charge in [0.05, 0.1) is 12.0 Å². The minimum Gasteiger partial charge on any atom is -0.493 e. The van der Waals surface area contributed by atoms with Gasteiger partial charge in [0.1, 0.15) is 5.75 Å². The number of hydrogen-bond donors (Lipinski definition) is 1. The Morgan fingerprint density at radius 3 is 2.34 bits per heavy atom. The largest absolute Gasteiger partial charge is 0.493 e. The van der Waals surface area contributed by atoms with Crippen molar-refractivity contribution in [2.45, 2.75) is 52.9 Å². The number of aryl methyl sites for hydroxylation is 3. The fraction of sp³-hybridized carbons (Fsp3) is 0.480. The summed E-state index contributed by atoms with van der Waals surface area (Å²) in [5.41, 5.74) is 4.58. The van der Waals surface area contributed by atoms with Crippen molar-refractivity contribution in [3.63, 3.8) is 0 Å². The molecule has 0 unspecified atom stereocenters. The minimum atomic E-state index is -0.557. The molecule has 0 saturated carbocycles. The first-order chi connectivity index (χ1) is 13.8. The molecule has 3 rings (SSSR count). The highest BCUT2D eigenvalue weighted by Crippen LogP contribution is 2.37. The molecular weight excluding hydrogens is 362 g/mol. The molecule has 1 heterocycles. The second-order valence-electron chi connectivity index (χ2n) is 8.66. The molecule has 0 aliphatic carbocycles. The Morgan fingerprint density at radius 2 is 1.76 bits per heavy atom. The van der Waals surface area contributed by atoms with Gasteiger partial charge in [0.2, 0.25) is 5.91 Å². The second kappa shape index (κ2) is 9.00. The molecule has 1 aliphatic rings. The summed E-state index contributed by atoms with van der Waals surface area (Å²) in [4.78, 5) is 13.5. The van der Waals surface area contributed by atoms with Crippen molar-refractivity contribution in [3.05, 3.63) is 58.7 Å². The summed E-state index contributed by atoms with van der Waals surface area (Å²) in [6, 6.07) is 12.3. The van der Waals surface area contributed by atoms with E-state index >= 15 is 0 Å². The van der Waals surface area contributed by atoms with Gasteiger partial charge >= 0.3 is 0 Å². The van der Waals surface area contributed by atoms with Crippen LogP contribution in [0.2, 0.25) is 0 Å². The van der Waals surface area contributed by atoms with E-state index in [-0.39, 0.29) is 5.91 Å². The van der Waals surface area contributed by atoms with E-state index in [4.69, 9.17) is 9.47 Å². The third kappa shape index (κ3) is 4.81. The van der Waals surface area contributed by atoms with Crippen LogP contribution in [-0.4, -0.2) is 25.7 Å². The normalized spacial score (nSPS) is 15.9. The van der Waals surface area contributed by atoms with Crippen LogP contribution in [0.5, 0.6) is 5.75 Å². The van der Waals surface area contributed by atoms with Gasteiger partial charge < -0.3 is 14.8 Å². The summed E-state index contributed by atoms with van der Waals surface area (Å²) in [6.45, 7) is 12.3. The van der Waals surface area contributed by atoms with Crippen LogP contribution in [-0.2, 0) is 14.9 Å². The van der Waals surface area contributed by atoms with Crippen LogP contribution in [0.15, 0.2) is 36.4 Å². The van der Waals surface area contributed by atoms with E-state index in [9.17, 15) is 4.79 Å². The minimum absolute atomic E-state index is 0.0426. The predicted molar refractivity (Wildman–Crippen MR) is 118 cm³/mol. The zero-order chi connectivity index (χ0) is 21.0. The summed E-state index contributed by atoms with van der Waals surface area (Å²) < 4.78 is 11.6. The van der Waals surface area contributed by atoms with Gasteiger partial charge in [-0.1, -0.05) is 43.7 Å². The molecule has 0 atom stereocenters. The van der Waals surface area contributed by atoms with E-state index < -0.39 is 5.41 Å². The first kappa shape index (κ1) is 21.4. The molecule has 4 heteroatoms. The molecule has 1 saturated heterocycles. The van der Waals surface area contributed by atoms with Crippen molar-refractivity contribution < 1.29 is 14.3 Å². The van der Waals surface area contributed by atoms with Crippen LogP contribution >= 0.6 is 0 Å². The lowest BCUT2D eigenvalue weighted by atomic mass is 9.73. The molecule has 4 nitrogen and oxygen atoms in total. The third-order valence-corrected chi connectivity index (χ3v) is 5.63. The Hall–Kier alpha value is -2.33. The standard InChI is InChI=1S/C25H33NO3/c1-17(2)16-29-23-19(4)14-22(15-20(23)5)26-24(27)25(9-11-28-12-10-25)21-8-6-7-18(3)13-21/h6-8,13-15,17H,9-12,16H2,1-5H3,(H,26,27). The Kier molecular flexibility index (Phi) is 6.63. The highest BCUT2D eigenvalue weighted by molar-refractivity contribution is 5.99. The van der Waals surface area contributed by atoms with Crippen LogP contribution in [0.3, 0.4) is 0 Å². The Labute approximate surface area is 174 Å². The monoisotopic (exact) mass is 395 g/mol. The molecule has 29 heavy (non-hydrogen) atoms. The number of benzene rings is 2. The summed E-state index contributed by atoms with van der Waals surface area (Å²) in [5, 5.41) is 3.19. The van der Waals surface area contributed by atoms with Gasteiger partial charge in [-0.15, -0.1) is 0 Å². The summed E-state index contributed by atoms with van der Waals surface area (Å²) in [6.07, 6.45) is 1.38. The second-order valence-corrected chi connectivity index (χ2v) is 8.66. The van der Waals surface area contributed by atoms with Gasteiger partial charge in [0.15, 0.2) is 0 Å². The van der Waals surface area contributed by atoms with Gasteiger partial charge in [-0.05, 0) is 68.4 Å². The van der Waals surface area contributed by atoms with Crippen molar-refractivity contribution in [1.82, 2.24) is 0 Å². The van der Waals surface area contributed by atoms with E-state index in [1.165, 1.54) is 5.56 Å². The van der Waals surface area contributed by atoms with Gasteiger partial charge in [-0.3, -0.25) is 4.79 Å². The highest BCUT2D eigenvalue weighted by Gasteiger charge is 2.41. The highest BCUT2D eigenvalue weighted by atomic mass is 16.5. The number of carbonyl (C=O) groups excluding carboxylic acids is 1. The van der Waals surface area contributed by atoms with Crippen molar-refractivity contribution >= 4 is 11.6 Å². The Balaban J connectivity index is 1.87. The Bertz CT molecular complexity index is 843. The van der Waals surface area contributed by atoms with E-state index in [0.717, 1.165) is 28.1 Å². The number of hydrogen-bond acceptors (Lipinski definition) is 3. The van der Waals surface area contributed by atoms with Gasteiger partial charge in [-0.2, -0.15) is 0 Å². The van der Waals surface area contributed by atoms with Crippen LogP contribution in [0.4, 0.5) is 5.69 Å².